The molecule has 13 heteroatoms. The zero-order valence-corrected chi connectivity index (χ0v) is 27.5. The molecule has 8 N–H and O–H groups in total. The zero-order chi connectivity index (χ0) is 34.0. The van der Waals surface area contributed by atoms with Crippen molar-refractivity contribution in [3.63, 3.8) is 0 Å². The molecule has 0 unspecified atom stereocenters. The number of carbonyl (C=O) groups is 1. The van der Waals surface area contributed by atoms with Gasteiger partial charge in [0.2, 0.25) is 0 Å². The van der Waals surface area contributed by atoms with Gasteiger partial charge in [0.1, 0.15) is 42.2 Å². The molecule has 7 rings (SSSR count). The highest BCUT2D eigenvalue weighted by Gasteiger charge is 2.82. The first kappa shape index (κ1) is 34.2. The summed E-state index contributed by atoms with van der Waals surface area (Å²) in [5.41, 5.74) is -1.04. The summed E-state index contributed by atoms with van der Waals surface area (Å²) in [6.45, 7) is 7.17. The number of aliphatic hydroxyl groups is 8. The van der Waals surface area contributed by atoms with Crippen molar-refractivity contribution >= 4 is 5.97 Å². The van der Waals surface area contributed by atoms with Gasteiger partial charge < -0.3 is 59.8 Å². The molecule has 3 aliphatic heterocycles. The average molecular weight is 669 g/mol. The standard InChI is InChI=1S/C34H52O13/c1-13-7-20(44-30(43)16(13)11-35)14(2)25-19(37)9-18-15-8-24-34(47-24)29(42)21(45-31-28(41)27(40)26(39)22(12-36)46-31)10-23(38)33(34,4)17(15)5-6-32(18,25)3/h14-15,17-29,31,35-42H,5-12H2,1-4H3/t14-,15-,17+,18+,19+,20-,21+,22-,23+,24-,25+,26-,27+,28-,29+,31-,32+,33+,34+/m1/s1. The van der Waals surface area contributed by atoms with E-state index in [1.165, 1.54) is 0 Å². The van der Waals surface area contributed by atoms with Crippen LogP contribution in [0.2, 0.25) is 0 Å². The van der Waals surface area contributed by atoms with Gasteiger partial charge in [-0.2, -0.15) is 0 Å². The van der Waals surface area contributed by atoms with Crippen LogP contribution in [0, 0.1) is 40.4 Å². The first-order valence-corrected chi connectivity index (χ1v) is 17.3. The minimum absolute atomic E-state index is 0.0109. The predicted octanol–water partition coefficient (Wildman–Crippen LogP) is -0.865. The minimum atomic E-state index is -1.64. The number of carbonyl (C=O) groups excluding carboxylic acids is 1. The molecule has 0 bridgehead atoms. The van der Waals surface area contributed by atoms with E-state index in [1.807, 2.05) is 13.8 Å². The number of ether oxygens (including phenoxy) is 4. The van der Waals surface area contributed by atoms with Gasteiger partial charge in [-0.05, 0) is 67.6 Å². The second-order valence-corrected chi connectivity index (χ2v) is 16.2. The Balaban J connectivity index is 1.11. The lowest BCUT2D eigenvalue weighted by Gasteiger charge is -2.62. The van der Waals surface area contributed by atoms with Gasteiger partial charge >= 0.3 is 5.97 Å². The van der Waals surface area contributed by atoms with E-state index in [9.17, 15) is 45.6 Å². The zero-order valence-electron chi connectivity index (χ0n) is 27.5. The van der Waals surface area contributed by atoms with Crippen LogP contribution in [0.4, 0.5) is 0 Å². The molecule has 0 amide bonds. The van der Waals surface area contributed by atoms with Crippen molar-refractivity contribution in [3.8, 4) is 0 Å². The molecule has 266 valence electrons. The normalized spacial score (nSPS) is 56.2. The van der Waals surface area contributed by atoms with E-state index in [0.717, 1.165) is 18.4 Å². The molecule has 47 heavy (non-hydrogen) atoms. The van der Waals surface area contributed by atoms with Gasteiger partial charge in [0.05, 0.1) is 43.2 Å². The Morgan fingerprint density at radius 1 is 0.979 bits per heavy atom. The Kier molecular flexibility index (Phi) is 8.49. The van der Waals surface area contributed by atoms with Crippen LogP contribution in [0.3, 0.4) is 0 Å². The highest BCUT2D eigenvalue weighted by molar-refractivity contribution is 5.90. The maximum atomic E-state index is 12.7. The van der Waals surface area contributed by atoms with E-state index in [-0.39, 0.29) is 54.1 Å². The molecular weight excluding hydrogens is 616 g/mol. The van der Waals surface area contributed by atoms with Crippen LogP contribution in [0.25, 0.3) is 0 Å². The fraction of sp³-hybridized carbons (Fsp3) is 0.912. The smallest absolute Gasteiger partial charge is 0.336 e. The second kappa shape index (κ2) is 11.7. The summed E-state index contributed by atoms with van der Waals surface area (Å²) >= 11 is 0. The fourth-order valence-corrected chi connectivity index (χ4v) is 11.8. The molecule has 1 spiro atoms. The molecule has 2 saturated heterocycles. The summed E-state index contributed by atoms with van der Waals surface area (Å²) in [7, 11) is 0. The van der Waals surface area contributed by atoms with Crippen molar-refractivity contribution in [2.24, 2.45) is 40.4 Å². The largest absolute Gasteiger partial charge is 0.458 e. The molecule has 13 nitrogen and oxygen atoms in total. The van der Waals surface area contributed by atoms with Crippen LogP contribution in [-0.4, -0.2) is 133 Å². The molecule has 6 fully saturated rings. The van der Waals surface area contributed by atoms with Crippen molar-refractivity contribution < 1.29 is 64.6 Å². The molecule has 19 atom stereocenters. The molecule has 3 heterocycles. The number of hydrogen-bond acceptors (Lipinski definition) is 13. The molecule has 0 aromatic carbocycles. The highest BCUT2D eigenvalue weighted by atomic mass is 16.7. The maximum Gasteiger partial charge on any atom is 0.336 e. The van der Waals surface area contributed by atoms with Crippen molar-refractivity contribution in [1.29, 1.82) is 0 Å². The van der Waals surface area contributed by atoms with E-state index in [2.05, 4.69) is 13.8 Å². The SMILES string of the molecule is CC1=C(CO)C(=O)O[C@@H]([C@@H](C)[C@H]2[C@@H](O)C[C@H]3[C@@H]4C[C@H]5O[C@]56[C@@H](O)[C@@H](O[C@@H]5O[C@H](CO)[C@@H](O)[C@H](O)[C@H]5O)C[C@H](O)[C@]6(C)[C@H]4CC[C@]23C)C1. The van der Waals surface area contributed by atoms with E-state index in [1.54, 1.807) is 0 Å². The number of rotatable bonds is 6. The van der Waals surface area contributed by atoms with Crippen LogP contribution in [-0.2, 0) is 23.7 Å². The molecular formula is C34H52O13. The van der Waals surface area contributed by atoms with Crippen molar-refractivity contribution in [3.05, 3.63) is 11.1 Å². The number of cyclic esters (lactones) is 1. The van der Waals surface area contributed by atoms with Crippen LogP contribution < -0.4 is 0 Å². The van der Waals surface area contributed by atoms with Crippen molar-refractivity contribution in [1.82, 2.24) is 0 Å². The summed E-state index contributed by atoms with van der Waals surface area (Å²) < 4.78 is 23.8. The number of epoxide rings is 1. The Morgan fingerprint density at radius 3 is 2.36 bits per heavy atom. The van der Waals surface area contributed by atoms with Crippen LogP contribution in [0.1, 0.15) is 66.2 Å². The van der Waals surface area contributed by atoms with Gasteiger partial charge in [-0.1, -0.05) is 26.3 Å². The highest BCUT2D eigenvalue weighted by Crippen LogP contribution is 2.74. The summed E-state index contributed by atoms with van der Waals surface area (Å²) in [4.78, 5) is 12.7. The summed E-state index contributed by atoms with van der Waals surface area (Å²) in [5, 5.41) is 85.6. The van der Waals surface area contributed by atoms with E-state index in [4.69, 9.17) is 18.9 Å². The number of aliphatic hydroxyl groups excluding tert-OH is 8. The minimum Gasteiger partial charge on any atom is -0.458 e. The monoisotopic (exact) mass is 668 g/mol. The van der Waals surface area contributed by atoms with E-state index < -0.39 is 84.8 Å². The Labute approximate surface area is 274 Å². The Morgan fingerprint density at radius 2 is 1.70 bits per heavy atom. The van der Waals surface area contributed by atoms with Gasteiger partial charge in [-0.3, -0.25) is 0 Å². The molecule has 0 radical (unpaired) electrons. The van der Waals surface area contributed by atoms with E-state index >= 15 is 0 Å². The van der Waals surface area contributed by atoms with Gasteiger partial charge in [-0.15, -0.1) is 0 Å². The average Bonchev–Trinajstić information content (AvgIpc) is 3.70. The first-order valence-electron chi connectivity index (χ1n) is 17.3. The van der Waals surface area contributed by atoms with Gasteiger partial charge in [0, 0.05) is 18.3 Å². The van der Waals surface area contributed by atoms with Gasteiger partial charge in [0.25, 0.3) is 0 Å². The van der Waals surface area contributed by atoms with E-state index in [0.29, 0.717) is 24.8 Å². The van der Waals surface area contributed by atoms with Crippen molar-refractivity contribution in [2.45, 2.75) is 139 Å². The third-order valence-electron chi connectivity index (χ3n) is 14.3. The Hall–Kier alpha value is -1.23. The first-order chi connectivity index (χ1) is 22.1. The maximum absolute atomic E-state index is 12.7. The number of fused-ring (bicyclic) bond motifs is 4. The number of hydrogen-bond donors (Lipinski definition) is 8. The summed E-state index contributed by atoms with van der Waals surface area (Å²) in [5.74, 6) is -0.497. The van der Waals surface area contributed by atoms with Gasteiger partial charge in [-0.25, -0.2) is 4.79 Å². The molecule has 0 aromatic rings. The van der Waals surface area contributed by atoms with Crippen LogP contribution in [0.5, 0.6) is 0 Å². The topological polar surface area (TPSA) is 219 Å². The quantitative estimate of drug-likeness (QED) is 0.0982. The van der Waals surface area contributed by atoms with Gasteiger partial charge in [0.15, 0.2) is 6.29 Å². The van der Waals surface area contributed by atoms with Crippen LogP contribution in [0.15, 0.2) is 11.1 Å². The summed E-state index contributed by atoms with van der Waals surface area (Å²) in [6, 6.07) is 0. The second-order valence-electron chi connectivity index (χ2n) is 16.2. The lowest BCUT2D eigenvalue weighted by molar-refractivity contribution is -0.330. The molecule has 0 aromatic heterocycles. The van der Waals surface area contributed by atoms with Crippen molar-refractivity contribution in [2.75, 3.05) is 13.2 Å². The van der Waals surface area contributed by atoms with Crippen LogP contribution >= 0.6 is 0 Å². The molecule has 4 saturated carbocycles. The fourth-order valence-electron chi connectivity index (χ4n) is 11.8. The lowest BCUT2D eigenvalue weighted by atomic mass is 9.43. The third kappa shape index (κ3) is 4.65. The Bertz CT molecular complexity index is 1270. The summed E-state index contributed by atoms with van der Waals surface area (Å²) in [6.07, 6.45) is -8.60. The lowest BCUT2D eigenvalue weighted by Crippen LogP contribution is -2.70. The number of esters is 1. The molecule has 4 aliphatic carbocycles. The third-order valence-corrected chi connectivity index (χ3v) is 14.3. The molecule has 7 aliphatic rings. The predicted molar refractivity (Wildman–Crippen MR) is 161 cm³/mol.